The number of carbonyl (C=O) groups excluding carboxylic acids is 1. The highest BCUT2D eigenvalue weighted by atomic mass is 32.2. The van der Waals surface area contributed by atoms with E-state index in [-0.39, 0.29) is 5.91 Å². The number of hydrazine groups is 1. The van der Waals surface area contributed by atoms with Crippen molar-refractivity contribution in [1.82, 2.24) is 10.0 Å². The van der Waals surface area contributed by atoms with Gasteiger partial charge in [-0.3, -0.25) is 4.79 Å². The highest BCUT2D eigenvalue weighted by molar-refractivity contribution is 8.26. The molecule has 0 aromatic heterocycles. The minimum Gasteiger partial charge on any atom is -0.378 e. The van der Waals surface area contributed by atoms with Crippen molar-refractivity contribution < 1.29 is 4.79 Å². The van der Waals surface area contributed by atoms with Gasteiger partial charge >= 0.3 is 0 Å². The summed E-state index contributed by atoms with van der Waals surface area (Å²) in [6.45, 7) is 0. The van der Waals surface area contributed by atoms with Crippen LogP contribution in [0.2, 0.25) is 0 Å². The monoisotopic (exact) mass is 307 g/mol. The molecule has 0 saturated carbocycles. The fourth-order valence-electron chi connectivity index (χ4n) is 1.82. The number of hydrogen-bond acceptors (Lipinski definition) is 5. The first-order valence-corrected chi connectivity index (χ1v) is 7.35. The highest BCUT2D eigenvalue weighted by Crippen LogP contribution is 2.33. The van der Waals surface area contributed by atoms with E-state index in [9.17, 15) is 4.79 Å². The molecule has 1 saturated heterocycles. The molecule has 4 nitrogen and oxygen atoms in total. The lowest BCUT2D eigenvalue weighted by Gasteiger charge is -2.21. The number of thioether (sulfide) groups is 1. The second-order valence-electron chi connectivity index (χ2n) is 4.83. The molecule has 0 unspecified atom stereocenters. The summed E-state index contributed by atoms with van der Waals surface area (Å²) in [6, 6.07) is 8.05. The maximum Gasteiger partial charge on any atom is 0.280 e. The Hall–Kier alpha value is -1.37. The van der Waals surface area contributed by atoms with Crippen molar-refractivity contribution in [3.63, 3.8) is 0 Å². The van der Waals surface area contributed by atoms with Crippen LogP contribution in [0.5, 0.6) is 0 Å². The Morgan fingerprint density at radius 2 is 1.75 bits per heavy atom. The van der Waals surface area contributed by atoms with Crippen LogP contribution in [0.3, 0.4) is 0 Å². The third-order valence-electron chi connectivity index (χ3n) is 2.88. The molecular weight excluding hydrogens is 290 g/mol. The quantitative estimate of drug-likeness (QED) is 0.631. The fourth-order valence-corrected chi connectivity index (χ4v) is 3.23. The molecule has 106 valence electrons. The molecule has 0 aliphatic carbocycles. The van der Waals surface area contributed by atoms with Gasteiger partial charge in [0.25, 0.3) is 5.91 Å². The van der Waals surface area contributed by atoms with Crippen molar-refractivity contribution in [2.24, 2.45) is 0 Å². The Labute approximate surface area is 129 Å². The van der Waals surface area contributed by atoms with Crippen LogP contribution in [-0.4, -0.2) is 48.4 Å². The Morgan fingerprint density at radius 1 is 1.15 bits per heavy atom. The summed E-state index contributed by atoms with van der Waals surface area (Å²) in [5.74, 6) is -0.0679. The Morgan fingerprint density at radius 3 is 2.20 bits per heavy atom. The van der Waals surface area contributed by atoms with E-state index in [1.807, 2.05) is 49.3 Å². The van der Waals surface area contributed by atoms with Crippen molar-refractivity contribution in [3.8, 4) is 0 Å². The predicted octanol–water partition coefficient (Wildman–Crippen LogP) is 2.43. The highest BCUT2D eigenvalue weighted by Gasteiger charge is 2.33. The van der Waals surface area contributed by atoms with Gasteiger partial charge in [0.15, 0.2) is 4.32 Å². The number of thiocarbonyl (C=S) groups is 1. The summed E-state index contributed by atoms with van der Waals surface area (Å²) in [5.41, 5.74) is 2.12. The molecule has 1 aromatic carbocycles. The van der Waals surface area contributed by atoms with Crippen molar-refractivity contribution in [2.45, 2.75) is 0 Å². The lowest BCUT2D eigenvalue weighted by atomic mass is 10.2. The van der Waals surface area contributed by atoms with E-state index >= 15 is 0 Å². The standard InChI is InChI=1S/C14H17N3OS2/c1-15(2)11-7-5-10(6-8-11)9-12-13(18)17(16(3)4)14(19)20-12/h5-9H,1-4H3. The average Bonchev–Trinajstić information content (AvgIpc) is 2.65. The van der Waals surface area contributed by atoms with Gasteiger partial charge in [0.1, 0.15) is 0 Å². The van der Waals surface area contributed by atoms with Gasteiger partial charge in [-0.2, -0.15) is 0 Å². The number of nitrogens with zero attached hydrogens (tertiary/aromatic N) is 3. The molecule has 1 aromatic rings. The smallest absolute Gasteiger partial charge is 0.280 e. The molecule has 1 heterocycles. The van der Waals surface area contributed by atoms with Crippen LogP contribution in [0, 0.1) is 0 Å². The second-order valence-corrected chi connectivity index (χ2v) is 6.50. The average molecular weight is 307 g/mol. The molecular formula is C14H17N3OS2. The summed E-state index contributed by atoms with van der Waals surface area (Å²) in [6.07, 6.45) is 1.88. The van der Waals surface area contributed by atoms with Crippen LogP contribution in [0.15, 0.2) is 29.2 Å². The molecule has 0 atom stereocenters. The van der Waals surface area contributed by atoms with Crippen LogP contribution in [0.1, 0.15) is 5.56 Å². The van der Waals surface area contributed by atoms with E-state index in [4.69, 9.17) is 12.2 Å². The summed E-state index contributed by atoms with van der Waals surface area (Å²) in [4.78, 5) is 14.9. The van der Waals surface area contributed by atoms with Crippen LogP contribution in [0.25, 0.3) is 6.08 Å². The van der Waals surface area contributed by atoms with Crippen molar-refractivity contribution in [2.75, 3.05) is 33.1 Å². The Kier molecular flexibility index (Phi) is 4.47. The first-order valence-electron chi connectivity index (χ1n) is 6.12. The minimum absolute atomic E-state index is 0.0679. The summed E-state index contributed by atoms with van der Waals surface area (Å²) < 4.78 is 0.566. The Bertz CT molecular complexity index is 564. The molecule has 0 spiro atoms. The van der Waals surface area contributed by atoms with Crippen LogP contribution >= 0.6 is 24.0 Å². The minimum atomic E-state index is -0.0679. The zero-order valence-electron chi connectivity index (χ0n) is 12.0. The van der Waals surface area contributed by atoms with Crippen molar-refractivity contribution in [1.29, 1.82) is 0 Å². The van der Waals surface area contributed by atoms with E-state index in [0.717, 1.165) is 11.3 Å². The van der Waals surface area contributed by atoms with Crippen molar-refractivity contribution in [3.05, 3.63) is 34.7 Å². The van der Waals surface area contributed by atoms with Gasteiger partial charge in [-0.1, -0.05) is 36.1 Å². The normalized spacial score (nSPS) is 17.4. The van der Waals surface area contributed by atoms with E-state index in [2.05, 4.69) is 0 Å². The maximum atomic E-state index is 12.2. The zero-order chi connectivity index (χ0) is 14.9. The molecule has 1 fully saturated rings. The predicted molar refractivity (Wildman–Crippen MR) is 89.5 cm³/mol. The topological polar surface area (TPSA) is 26.8 Å². The summed E-state index contributed by atoms with van der Waals surface area (Å²) >= 11 is 6.55. The van der Waals surface area contributed by atoms with Gasteiger partial charge < -0.3 is 4.90 Å². The van der Waals surface area contributed by atoms with E-state index in [0.29, 0.717) is 9.23 Å². The number of anilines is 1. The lowest BCUT2D eigenvalue weighted by Crippen LogP contribution is -2.39. The van der Waals surface area contributed by atoms with Gasteiger partial charge in [-0.05, 0) is 23.8 Å². The molecule has 1 aliphatic rings. The first-order chi connectivity index (χ1) is 9.40. The largest absolute Gasteiger partial charge is 0.378 e. The fraction of sp³-hybridized carbons (Fsp3) is 0.286. The third kappa shape index (κ3) is 3.03. The van der Waals surface area contributed by atoms with Crippen LogP contribution in [-0.2, 0) is 4.79 Å². The lowest BCUT2D eigenvalue weighted by molar-refractivity contribution is -0.130. The van der Waals surface area contributed by atoms with Crippen LogP contribution < -0.4 is 4.90 Å². The molecule has 1 aliphatic heterocycles. The van der Waals surface area contributed by atoms with Crippen LogP contribution in [0.4, 0.5) is 5.69 Å². The van der Waals surface area contributed by atoms with Gasteiger partial charge in [0.2, 0.25) is 0 Å². The molecule has 0 bridgehead atoms. The molecule has 2 rings (SSSR count). The first kappa shape index (κ1) is 15.0. The SMILES string of the molecule is CN(C)c1ccc(C=C2SC(=S)N(N(C)C)C2=O)cc1. The van der Waals surface area contributed by atoms with Gasteiger partial charge in [-0.25, -0.2) is 10.0 Å². The molecule has 1 amide bonds. The third-order valence-corrected chi connectivity index (χ3v) is 4.16. The molecule has 6 heteroatoms. The summed E-state index contributed by atoms with van der Waals surface area (Å²) in [7, 11) is 7.60. The van der Waals surface area contributed by atoms with E-state index in [1.54, 1.807) is 19.1 Å². The van der Waals surface area contributed by atoms with Crippen molar-refractivity contribution >= 4 is 46.0 Å². The zero-order valence-corrected chi connectivity index (χ0v) is 13.6. The number of benzene rings is 1. The van der Waals surface area contributed by atoms with Gasteiger partial charge in [0.05, 0.1) is 4.91 Å². The molecule has 0 N–H and O–H groups in total. The number of amides is 1. The number of hydrogen-bond donors (Lipinski definition) is 0. The molecule has 20 heavy (non-hydrogen) atoms. The summed E-state index contributed by atoms with van der Waals surface area (Å²) in [5, 5.41) is 3.20. The van der Waals surface area contributed by atoms with Gasteiger partial charge in [-0.15, -0.1) is 0 Å². The van der Waals surface area contributed by atoms with E-state index in [1.165, 1.54) is 16.8 Å². The maximum absolute atomic E-state index is 12.2. The molecule has 0 radical (unpaired) electrons. The van der Waals surface area contributed by atoms with E-state index < -0.39 is 0 Å². The van der Waals surface area contributed by atoms with Gasteiger partial charge in [0, 0.05) is 33.9 Å². The number of rotatable bonds is 3. The Balaban J connectivity index is 2.24. The number of carbonyl (C=O) groups is 1. The second kappa shape index (κ2) is 5.95.